The van der Waals surface area contributed by atoms with Crippen molar-refractivity contribution >= 4 is 5.91 Å². The summed E-state index contributed by atoms with van der Waals surface area (Å²) in [7, 11) is 1.60. The van der Waals surface area contributed by atoms with E-state index < -0.39 is 6.10 Å². The van der Waals surface area contributed by atoms with Crippen LogP contribution in [0.1, 0.15) is 51.2 Å². The van der Waals surface area contributed by atoms with Gasteiger partial charge >= 0.3 is 0 Å². The summed E-state index contributed by atoms with van der Waals surface area (Å²) in [5.41, 5.74) is 2.83. The number of nitrogens with one attached hydrogen (secondary N) is 1. The Morgan fingerprint density at radius 2 is 1.82 bits per heavy atom. The molecule has 1 amide bonds. The lowest BCUT2D eigenvalue weighted by Gasteiger charge is -2.21. The summed E-state index contributed by atoms with van der Waals surface area (Å²) in [5.74, 6) is 0.673. The van der Waals surface area contributed by atoms with E-state index in [2.05, 4.69) is 5.32 Å². The average molecular weight is 303 g/mol. The van der Waals surface area contributed by atoms with E-state index in [0.717, 1.165) is 29.7 Å². The van der Waals surface area contributed by atoms with E-state index >= 15 is 0 Å². The van der Waals surface area contributed by atoms with Crippen LogP contribution in [0.4, 0.5) is 0 Å². The minimum absolute atomic E-state index is 0.0723. The lowest BCUT2D eigenvalue weighted by Crippen LogP contribution is -2.37. The largest absolute Gasteiger partial charge is 0.497 e. The van der Waals surface area contributed by atoms with Crippen molar-refractivity contribution in [2.24, 2.45) is 0 Å². The van der Waals surface area contributed by atoms with E-state index in [1.54, 1.807) is 19.2 Å². The van der Waals surface area contributed by atoms with Crippen molar-refractivity contribution in [2.75, 3.05) is 7.11 Å². The van der Waals surface area contributed by atoms with Gasteiger partial charge in [0.05, 0.1) is 19.3 Å². The Labute approximate surface area is 132 Å². The number of carbonyl (C=O) groups is 1. The van der Waals surface area contributed by atoms with E-state index in [0.29, 0.717) is 0 Å². The fourth-order valence-corrected chi connectivity index (χ4v) is 2.82. The molecule has 1 aliphatic rings. The zero-order valence-electron chi connectivity index (χ0n) is 13.6. The Balaban J connectivity index is 1.99. The molecule has 0 radical (unpaired) electrons. The van der Waals surface area contributed by atoms with Crippen LogP contribution in [-0.4, -0.2) is 24.2 Å². The van der Waals surface area contributed by atoms with Gasteiger partial charge in [-0.05, 0) is 57.2 Å². The van der Waals surface area contributed by atoms with E-state index in [1.165, 1.54) is 18.4 Å². The highest BCUT2D eigenvalue weighted by molar-refractivity contribution is 5.93. The summed E-state index contributed by atoms with van der Waals surface area (Å²) in [6.45, 7) is 3.70. The standard InChI is InChI=1S/C18H25NO3/c1-12(14-6-4-5-7-14)18(21)19-13(2)17(20)15-8-10-16(22-3)11-9-15/h8-11,13,17,20H,4-7H2,1-3H3,(H,19,21). The van der Waals surface area contributed by atoms with Crippen molar-refractivity contribution in [1.82, 2.24) is 5.32 Å². The third-order valence-corrected chi connectivity index (χ3v) is 4.37. The van der Waals surface area contributed by atoms with Gasteiger partial charge in [-0.15, -0.1) is 0 Å². The first kappa shape index (κ1) is 16.6. The topological polar surface area (TPSA) is 58.6 Å². The van der Waals surface area contributed by atoms with Crippen molar-refractivity contribution in [2.45, 2.75) is 51.7 Å². The Morgan fingerprint density at radius 3 is 2.36 bits per heavy atom. The number of aliphatic hydroxyl groups is 1. The maximum absolute atomic E-state index is 12.3. The van der Waals surface area contributed by atoms with Gasteiger partial charge in [-0.25, -0.2) is 0 Å². The van der Waals surface area contributed by atoms with Crippen molar-refractivity contribution in [1.29, 1.82) is 0 Å². The van der Waals surface area contributed by atoms with Gasteiger partial charge < -0.3 is 15.2 Å². The molecule has 4 heteroatoms. The zero-order valence-corrected chi connectivity index (χ0v) is 13.6. The molecule has 0 spiro atoms. The molecular formula is C18H25NO3. The molecule has 2 atom stereocenters. The lowest BCUT2D eigenvalue weighted by molar-refractivity contribution is -0.118. The quantitative estimate of drug-likeness (QED) is 0.822. The molecule has 1 saturated carbocycles. The minimum Gasteiger partial charge on any atom is -0.497 e. The van der Waals surface area contributed by atoms with Gasteiger partial charge in [-0.2, -0.15) is 0 Å². The molecule has 0 aromatic heterocycles. The molecule has 1 aromatic rings. The molecule has 0 bridgehead atoms. The number of hydrogen-bond donors (Lipinski definition) is 2. The molecule has 0 heterocycles. The number of amides is 1. The van der Waals surface area contributed by atoms with Gasteiger partial charge in [-0.1, -0.05) is 17.7 Å². The average Bonchev–Trinajstić information content (AvgIpc) is 3.07. The third kappa shape index (κ3) is 3.89. The van der Waals surface area contributed by atoms with E-state index in [1.807, 2.05) is 26.0 Å². The molecule has 120 valence electrons. The van der Waals surface area contributed by atoms with E-state index in [-0.39, 0.29) is 11.9 Å². The summed E-state index contributed by atoms with van der Waals surface area (Å²) in [6, 6.07) is 6.89. The fourth-order valence-electron chi connectivity index (χ4n) is 2.82. The molecular weight excluding hydrogens is 278 g/mol. The second-order valence-electron chi connectivity index (χ2n) is 5.92. The van der Waals surface area contributed by atoms with Gasteiger partial charge in [0.15, 0.2) is 0 Å². The maximum atomic E-state index is 12.3. The fraction of sp³-hybridized carbons (Fsp3) is 0.500. The zero-order chi connectivity index (χ0) is 16.1. The molecule has 4 nitrogen and oxygen atoms in total. The SMILES string of the molecule is COc1ccc(C(O)C(C)NC(=O)C(C)=C2CCCC2)cc1. The van der Waals surface area contributed by atoms with Crippen LogP contribution in [0.15, 0.2) is 35.4 Å². The number of allylic oxidation sites excluding steroid dienone is 1. The number of aliphatic hydroxyl groups excluding tert-OH is 1. The molecule has 1 aliphatic carbocycles. The normalized spacial score (nSPS) is 17.0. The predicted molar refractivity (Wildman–Crippen MR) is 86.7 cm³/mol. The molecule has 0 saturated heterocycles. The smallest absolute Gasteiger partial charge is 0.247 e. The summed E-state index contributed by atoms with van der Waals surface area (Å²) in [4.78, 5) is 12.3. The molecule has 2 unspecified atom stereocenters. The van der Waals surface area contributed by atoms with Crippen molar-refractivity contribution in [3.05, 3.63) is 41.0 Å². The van der Waals surface area contributed by atoms with Crippen LogP contribution in [0.2, 0.25) is 0 Å². The number of carbonyl (C=O) groups excluding carboxylic acids is 1. The monoisotopic (exact) mass is 303 g/mol. The van der Waals surface area contributed by atoms with Crippen LogP contribution in [0, 0.1) is 0 Å². The molecule has 2 rings (SSSR count). The van der Waals surface area contributed by atoms with E-state index in [9.17, 15) is 9.90 Å². The van der Waals surface area contributed by atoms with Gasteiger partial charge in [0, 0.05) is 5.57 Å². The summed E-state index contributed by atoms with van der Waals surface area (Å²) in [6.07, 6.45) is 3.65. The number of methoxy groups -OCH3 is 1. The number of hydrogen-bond acceptors (Lipinski definition) is 3. The van der Waals surface area contributed by atoms with Crippen LogP contribution in [0.5, 0.6) is 5.75 Å². The molecule has 2 N–H and O–H groups in total. The first-order valence-corrected chi connectivity index (χ1v) is 7.84. The van der Waals surface area contributed by atoms with Crippen LogP contribution in [0.3, 0.4) is 0 Å². The van der Waals surface area contributed by atoms with Crippen LogP contribution in [-0.2, 0) is 4.79 Å². The summed E-state index contributed by atoms with van der Waals surface area (Å²) >= 11 is 0. The van der Waals surface area contributed by atoms with Gasteiger partial charge in [0.2, 0.25) is 5.91 Å². The van der Waals surface area contributed by atoms with Crippen molar-refractivity contribution in [3.63, 3.8) is 0 Å². The highest BCUT2D eigenvalue weighted by atomic mass is 16.5. The summed E-state index contributed by atoms with van der Waals surface area (Å²) in [5, 5.41) is 13.3. The van der Waals surface area contributed by atoms with Gasteiger partial charge in [0.1, 0.15) is 5.75 Å². The predicted octanol–water partition coefficient (Wildman–Crippen LogP) is 3.12. The van der Waals surface area contributed by atoms with E-state index in [4.69, 9.17) is 4.74 Å². The second kappa shape index (κ2) is 7.45. The molecule has 1 aromatic carbocycles. The summed E-state index contributed by atoms with van der Waals surface area (Å²) < 4.78 is 5.10. The lowest BCUT2D eigenvalue weighted by atomic mass is 10.0. The highest BCUT2D eigenvalue weighted by Gasteiger charge is 2.21. The third-order valence-electron chi connectivity index (χ3n) is 4.37. The Bertz CT molecular complexity index is 540. The number of benzene rings is 1. The molecule has 22 heavy (non-hydrogen) atoms. The van der Waals surface area contributed by atoms with Crippen LogP contribution >= 0.6 is 0 Å². The molecule has 1 fully saturated rings. The Kier molecular flexibility index (Phi) is 5.61. The van der Waals surface area contributed by atoms with Crippen molar-refractivity contribution < 1.29 is 14.6 Å². The number of ether oxygens (including phenoxy) is 1. The first-order chi connectivity index (χ1) is 10.5. The number of rotatable bonds is 5. The minimum atomic E-state index is -0.740. The first-order valence-electron chi connectivity index (χ1n) is 7.84. The van der Waals surface area contributed by atoms with Crippen molar-refractivity contribution in [3.8, 4) is 5.75 Å². The van der Waals surface area contributed by atoms with Crippen LogP contribution < -0.4 is 10.1 Å². The van der Waals surface area contributed by atoms with Crippen LogP contribution in [0.25, 0.3) is 0 Å². The maximum Gasteiger partial charge on any atom is 0.247 e. The van der Waals surface area contributed by atoms with Gasteiger partial charge in [-0.3, -0.25) is 4.79 Å². The second-order valence-corrected chi connectivity index (χ2v) is 5.92. The Morgan fingerprint density at radius 1 is 1.23 bits per heavy atom. The highest BCUT2D eigenvalue weighted by Crippen LogP contribution is 2.27. The van der Waals surface area contributed by atoms with Gasteiger partial charge in [0.25, 0.3) is 0 Å². The Hall–Kier alpha value is -1.81. The molecule has 0 aliphatic heterocycles.